The van der Waals surface area contributed by atoms with Crippen molar-refractivity contribution in [2.24, 2.45) is 45.3 Å². The lowest BCUT2D eigenvalue weighted by atomic mass is 9.47. The van der Waals surface area contributed by atoms with Gasteiger partial charge in [0.15, 0.2) is 36.3 Å². The molecule has 1 spiro atoms. The lowest BCUT2D eigenvalue weighted by molar-refractivity contribution is -0.145. The molecule has 9 nitrogen and oxygen atoms in total. The highest BCUT2D eigenvalue weighted by Crippen LogP contribution is 2.74. The summed E-state index contributed by atoms with van der Waals surface area (Å²) in [5.41, 5.74) is 4.37. The summed E-state index contributed by atoms with van der Waals surface area (Å²) in [6, 6.07) is 0. The lowest BCUT2D eigenvalue weighted by Gasteiger charge is -2.54. The number of carbonyl (C=O) groups is 6. The molecule has 6 unspecified atom stereocenters. The Morgan fingerprint density at radius 1 is 0.727 bits per heavy atom. The first-order valence-electron chi connectivity index (χ1n) is 20.0. The first-order chi connectivity index (χ1) is 26.0. The van der Waals surface area contributed by atoms with Crippen LogP contribution in [0.3, 0.4) is 0 Å². The molecule has 290 valence electrons. The number of hydrogen-bond donors (Lipinski definition) is 0. The second-order valence-electron chi connectivity index (χ2n) is 18.1. The summed E-state index contributed by atoms with van der Waals surface area (Å²) in [5, 5.41) is 0. The van der Waals surface area contributed by atoms with Gasteiger partial charge in [0.25, 0.3) is 0 Å². The van der Waals surface area contributed by atoms with Crippen molar-refractivity contribution in [3.8, 4) is 0 Å². The van der Waals surface area contributed by atoms with Crippen molar-refractivity contribution in [1.29, 1.82) is 0 Å². The summed E-state index contributed by atoms with van der Waals surface area (Å²) in [7, 11) is 0. The number of Topliss-reactive ketones (excluding diaryl/α,β-unsaturated/α-hetero) is 2. The van der Waals surface area contributed by atoms with E-state index in [1.807, 2.05) is 6.08 Å². The van der Waals surface area contributed by atoms with Crippen molar-refractivity contribution in [2.45, 2.75) is 105 Å². The van der Waals surface area contributed by atoms with Crippen molar-refractivity contribution >= 4 is 35.1 Å². The van der Waals surface area contributed by atoms with Gasteiger partial charge in [-0.2, -0.15) is 0 Å². The van der Waals surface area contributed by atoms with Crippen LogP contribution in [-0.4, -0.2) is 60.0 Å². The lowest BCUT2D eigenvalue weighted by Crippen LogP contribution is -2.56. The normalized spacial score (nSPS) is 41.0. The highest BCUT2D eigenvalue weighted by Gasteiger charge is 2.78. The van der Waals surface area contributed by atoms with E-state index >= 15 is 0 Å². The molecule has 9 rings (SSSR count). The molecule has 0 bridgehead atoms. The predicted molar refractivity (Wildman–Crippen MR) is 203 cm³/mol. The van der Waals surface area contributed by atoms with Gasteiger partial charge in [0.2, 0.25) is 0 Å². The molecule has 9 aliphatic rings. The van der Waals surface area contributed by atoms with Crippen LogP contribution in [-0.2, 0) is 43.0 Å². The molecule has 1 saturated heterocycles. The fourth-order valence-electron chi connectivity index (χ4n) is 12.7. The van der Waals surface area contributed by atoms with Crippen molar-refractivity contribution in [3.63, 3.8) is 0 Å². The van der Waals surface area contributed by atoms with Gasteiger partial charge >= 0.3 is 11.9 Å². The molecular formula is C46H52O9. The van der Waals surface area contributed by atoms with Gasteiger partial charge in [-0.05, 0) is 113 Å². The van der Waals surface area contributed by atoms with Crippen molar-refractivity contribution in [2.75, 3.05) is 13.2 Å². The van der Waals surface area contributed by atoms with Crippen LogP contribution in [0.2, 0.25) is 0 Å². The second-order valence-corrected chi connectivity index (χ2v) is 18.1. The van der Waals surface area contributed by atoms with Gasteiger partial charge < -0.3 is 14.2 Å². The Kier molecular flexibility index (Phi) is 8.84. The molecule has 0 aromatic heterocycles. The van der Waals surface area contributed by atoms with E-state index in [9.17, 15) is 28.8 Å². The SMILES string of the molecule is CC(=O)OCC(=O)C1=CCC2C3CCC4=CC(=O)C=C[C@]4(C)C34OC4C[C@]12C.CC(=O)OCC(=O)C1=CCC2C3CCC4=CC(=O)C=C[C@]4(C)C3=CC[C@]12C. The molecule has 0 amide bonds. The smallest absolute Gasteiger partial charge is 0.303 e. The number of carbonyl (C=O) groups excluding carboxylic acids is 6. The maximum atomic E-state index is 12.8. The van der Waals surface area contributed by atoms with Gasteiger partial charge in [0.05, 0.1) is 6.10 Å². The summed E-state index contributed by atoms with van der Waals surface area (Å²) < 4.78 is 16.4. The van der Waals surface area contributed by atoms with E-state index in [1.54, 1.807) is 18.2 Å². The van der Waals surface area contributed by atoms with E-state index in [2.05, 4.69) is 58.1 Å². The maximum Gasteiger partial charge on any atom is 0.303 e. The van der Waals surface area contributed by atoms with Gasteiger partial charge in [-0.3, -0.25) is 28.8 Å². The fraction of sp³-hybridized carbons (Fsp3) is 0.565. The molecular weight excluding hydrogens is 696 g/mol. The number of esters is 2. The average molecular weight is 749 g/mol. The van der Waals surface area contributed by atoms with E-state index in [4.69, 9.17) is 14.2 Å². The van der Waals surface area contributed by atoms with E-state index in [-0.39, 0.29) is 69.7 Å². The molecule has 8 aliphatic carbocycles. The van der Waals surface area contributed by atoms with Crippen LogP contribution in [0.15, 0.2) is 82.5 Å². The quantitative estimate of drug-likeness (QED) is 0.160. The molecule has 0 aromatic rings. The topological polar surface area (TPSA) is 133 Å². The third-order valence-corrected chi connectivity index (χ3v) is 15.5. The summed E-state index contributed by atoms with van der Waals surface area (Å²) in [5.74, 6) is 0.643. The van der Waals surface area contributed by atoms with Crippen LogP contribution < -0.4 is 0 Å². The van der Waals surface area contributed by atoms with E-state index in [1.165, 1.54) is 30.6 Å². The standard InChI is InChI=1S/C23H26O5.C23H26O4/c1-13(24)27-12-19(26)18-7-6-16-17-5-4-14-10-15(25)8-9-22(14,3)23(17)20(28-23)11-21(16,18)2;1-14(24)27-13-21(26)20-7-6-18-17-5-4-15-12-16(25)8-10-22(15,2)19(17)9-11-23(18,20)3/h7-10,16-17,20H,4-6,11-12H2,1-3H3;7-10,12,17-18H,4-6,11,13H2,1-3H3/t16?,17?,20?,21-,22-,23?;17?,18?,22-,23-/m00/s1. The van der Waals surface area contributed by atoms with E-state index in [0.717, 1.165) is 62.5 Å². The van der Waals surface area contributed by atoms with Crippen LogP contribution in [0.5, 0.6) is 0 Å². The molecule has 10 atom stereocenters. The monoisotopic (exact) mass is 748 g/mol. The number of ether oxygens (including phenoxy) is 3. The number of allylic oxidation sites excluding steroid dienone is 10. The Morgan fingerprint density at radius 2 is 1.31 bits per heavy atom. The van der Waals surface area contributed by atoms with E-state index < -0.39 is 11.9 Å². The van der Waals surface area contributed by atoms with Crippen LogP contribution in [0.25, 0.3) is 0 Å². The highest BCUT2D eigenvalue weighted by molar-refractivity contribution is 6.02. The van der Waals surface area contributed by atoms with Crippen molar-refractivity contribution in [3.05, 3.63) is 82.5 Å². The first-order valence-corrected chi connectivity index (χ1v) is 20.0. The van der Waals surface area contributed by atoms with Crippen LogP contribution in [0, 0.1) is 45.3 Å². The Hall–Kier alpha value is -4.24. The third kappa shape index (κ3) is 5.57. The number of rotatable bonds is 6. The second kappa shape index (κ2) is 12.9. The van der Waals surface area contributed by atoms with Crippen LogP contribution in [0.4, 0.5) is 0 Å². The zero-order chi connectivity index (χ0) is 39.3. The predicted octanol–water partition coefficient (Wildman–Crippen LogP) is 6.98. The summed E-state index contributed by atoms with van der Waals surface area (Å²) in [4.78, 5) is 71.4. The van der Waals surface area contributed by atoms with E-state index in [0.29, 0.717) is 23.7 Å². The Labute approximate surface area is 323 Å². The number of ketones is 4. The van der Waals surface area contributed by atoms with Crippen molar-refractivity contribution < 1.29 is 43.0 Å². The van der Waals surface area contributed by atoms with Crippen LogP contribution >= 0.6 is 0 Å². The summed E-state index contributed by atoms with van der Waals surface area (Å²) >= 11 is 0. The summed E-state index contributed by atoms with van der Waals surface area (Å²) in [6.45, 7) is 11.1. The average Bonchev–Trinajstić information content (AvgIpc) is 3.58. The minimum atomic E-state index is -0.431. The third-order valence-electron chi connectivity index (χ3n) is 15.5. The first kappa shape index (κ1) is 37.7. The minimum Gasteiger partial charge on any atom is -0.457 e. The summed E-state index contributed by atoms with van der Waals surface area (Å²) in [6.07, 6.45) is 24.9. The fourth-order valence-corrected chi connectivity index (χ4v) is 12.7. The number of hydrogen-bond acceptors (Lipinski definition) is 9. The van der Waals surface area contributed by atoms with Gasteiger partial charge in [-0.1, -0.05) is 60.9 Å². The highest BCUT2D eigenvalue weighted by atomic mass is 16.6. The zero-order valence-corrected chi connectivity index (χ0v) is 32.8. The molecule has 0 N–H and O–H groups in total. The minimum absolute atomic E-state index is 0.0704. The molecule has 3 saturated carbocycles. The molecule has 4 fully saturated rings. The Bertz CT molecular complexity index is 2040. The maximum absolute atomic E-state index is 12.8. The number of fused-ring (bicyclic) bond motifs is 8. The molecule has 0 radical (unpaired) electrons. The largest absolute Gasteiger partial charge is 0.457 e. The van der Waals surface area contributed by atoms with Gasteiger partial charge in [0, 0.05) is 46.7 Å². The van der Waals surface area contributed by atoms with Crippen LogP contribution in [0.1, 0.15) is 92.9 Å². The molecule has 0 aromatic carbocycles. The Morgan fingerprint density at radius 3 is 1.96 bits per heavy atom. The molecule has 1 heterocycles. The van der Waals surface area contributed by atoms with Gasteiger partial charge in [-0.15, -0.1) is 0 Å². The molecule has 55 heavy (non-hydrogen) atoms. The zero-order valence-electron chi connectivity index (χ0n) is 32.8. The number of epoxide rings is 1. The van der Waals surface area contributed by atoms with Gasteiger partial charge in [-0.25, -0.2) is 0 Å². The molecule has 9 heteroatoms. The Balaban J connectivity index is 0.000000155. The van der Waals surface area contributed by atoms with Crippen molar-refractivity contribution in [1.82, 2.24) is 0 Å². The van der Waals surface area contributed by atoms with Gasteiger partial charge in [0.1, 0.15) is 5.60 Å². The molecule has 1 aliphatic heterocycles.